The van der Waals surface area contributed by atoms with E-state index in [1.807, 2.05) is 58.6 Å². The molecular formula is C19H28BrNOS. The first kappa shape index (κ1) is 20.3. The summed E-state index contributed by atoms with van der Waals surface area (Å²) < 4.78 is 7.21. The number of pyridine rings is 1. The molecule has 2 aromatic rings. The second-order valence-electron chi connectivity index (χ2n) is 4.99. The minimum atomic E-state index is 0.364. The van der Waals surface area contributed by atoms with Gasteiger partial charge in [-0.1, -0.05) is 43.6 Å². The van der Waals surface area contributed by atoms with E-state index in [0.29, 0.717) is 6.10 Å². The molecule has 1 aliphatic carbocycles. The second kappa shape index (κ2) is 10.2. The van der Waals surface area contributed by atoms with Crippen molar-refractivity contribution in [3.8, 4) is 5.75 Å². The summed E-state index contributed by atoms with van der Waals surface area (Å²) in [5, 5.41) is 3.03. The van der Waals surface area contributed by atoms with Gasteiger partial charge in [0.2, 0.25) is 0 Å². The van der Waals surface area contributed by atoms with Crippen molar-refractivity contribution in [2.75, 3.05) is 6.26 Å². The van der Waals surface area contributed by atoms with Crippen molar-refractivity contribution in [2.45, 2.75) is 58.8 Å². The molecule has 4 heteroatoms. The molecule has 3 rings (SSSR count). The van der Waals surface area contributed by atoms with Gasteiger partial charge in [0, 0.05) is 32.4 Å². The molecule has 1 fully saturated rings. The molecule has 0 N–H and O–H groups in total. The number of hydrogen-bond donors (Lipinski definition) is 0. The number of rotatable bonds is 3. The quantitative estimate of drug-likeness (QED) is 0.579. The summed E-state index contributed by atoms with van der Waals surface area (Å²) in [6.45, 7) is 10.0. The highest BCUT2D eigenvalue weighted by Gasteiger charge is 2.30. The Labute approximate surface area is 153 Å². The number of thioether (sulfide) groups is 1. The summed E-state index contributed by atoms with van der Waals surface area (Å²) in [5.41, 5.74) is 1.02. The van der Waals surface area contributed by atoms with Gasteiger partial charge >= 0.3 is 0 Å². The molecular weight excluding hydrogens is 370 g/mol. The molecule has 1 aromatic carbocycles. The van der Waals surface area contributed by atoms with E-state index in [1.54, 1.807) is 0 Å². The van der Waals surface area contributed by atoms with Crippen LogP contribution in [0, 0.1) is 6.92 Å². The zero-order chi connectivity index (χ0) is 17.4. The van der Waals surface area contributed by atoms with Crippen LogP contribution in [0.4, 0.5) is 0 Å². The van der Waals surface area contributed by atoms with Gasteiger partial charge in [0.1, 0.15) is 11.9 Å². The lowest BCUT2D eigenvalue weighted by Gasteiger charge is -2.34. The fourth-order valence-electron chi connectivity index (χ4n) is 2.37. The fourth-order valence-corrected chi connectivity index (χ4v) is 3.64. The fraction of sp³-hybridized carbons (Fsp3) is 0.526. The number of benzene rings is 1. The maximum Gasteiger partial charge on any atom is 0.129 e. The van der Waals surface area contributed by atoms with Gasteiger partial charge in [-0.05, 0) is 44.2 Å². The van der Waals surface area contributed by atoms with Gasteiger partial charge in [-0.2, -0.15) is 11.8 Å². The molecule has 23 heavy (non-hydrogen) atoms. The number of ether oxygens (including phenoxy) is 1. The summed E-state index contributed by atoms with van der Waals surface area (Å²) in [7, 11) is 0. The van der Waals surface area contributed by atoms with Crippen LogP contribution in [0.15, 0.2) is 28.9 Å². The highest BCUT2D eigenvalue weighted by Crippen LogP contribution is 2.37. The van der Waals surface area contributed by atoms with Gasteiger partial charge in [-0.15, -0.1) is 0 Å². The van der Waals surface area contributed by atoms with Crippen LogP contribution in [0.5, 0.6) is 5.75 Å². The summed E-state index contributed by atoms with van der Waals surface area (Å²) >= 11 is 5.53. The van der Waals surface area contributed by atoms with E-state index in [0.717, 1.165) is 39.4 Å². The van der Waals surface area contributed by atoms with Crippen molar-refractivity contribution >= 4 is 38.5 Å². The molecule has 0 spiro atoms. The van der Waals surface area contributed by atoms with Gasteiger partial charge in [0.25, 0.3) is 0 Å². The Hall–Kier alpha value is -0.740. The highest BCUT2D eigenvalue weighted by atomic mass is 79.9. The number of aromatic nitrogens is 1. The standard InChI is InChI=1S/C15H16BrNOS.2C2H6/c1-9-5-12-13(8-17-9)15(4-3-14(12)16)18-10-6-11(7-10)19-2;2*1-2/h3-5,8,10-11H,6-7H2,1-2H3;2*1-2H3. The predicted molar refractivity (Wildman–Crippen MR) is 108 cm³/mol. The lowest BCUT2D eigenvalue weighted by molar-refractivity contribution is 0.128. The molecule has 2 nitrogen and oxygen atoms in total. The molecule has 0 unspecified atom stereocenters. The first-order valence-corrected chi connectivity index (χ1v) is 10.5. The largest absolute Gasteiger partial charge is 0.490 e. The predicted octanol–water partition coefficient (Wildman–Crippen LogP) is 6.63. The number of nitrogens with zero attached hydrogens (tertiary/aromatic N) is 1. The first-order valence-electron chi connectivity index (χ1n) is 8.41. The Morgan fingerprint density at radius 3 is 2.39 bits per heavy atom. The summed E-state index contributed by atoms with van der Waals surface area (Å²) in [6.07, 6.45) is 6.75. The minimum Gasteiger partial charge on any atom is -0.490 e. The Morgan fingerprint density at radius 2 is 1.78 bits per heavy atom. The van der Waals surface area contributed by atoms with Crippen LogP contribution in [0.3, 0.4) is 0 Å². The minimum absolute atomic E-state index is 0.364. The van der Waals surface area contributed by atoms with E-state index in [1.165, 1.54) is 5.39 Å². The molecule has 0 saturated heterocycles. The topological polar surface area (TPSA) is 22.1 Å². The first-order chi connectivity index (χ1) is 11.2. The van der Waals surface area contributed by atoms with Gasteiger partial charge < -0.3 is 4.74 Å². The zero-order valence-corrected chi connectivity index (χ0v) is 17.4. The maximum atomic E-state index is 6.12. The Morgan fingerprint density at radius 1 is 1.13 bits per heavy atom. The van der Waals surface area contributed by atoms with Gasteiger partial charge in [0.15, 0.2) is 0 Å². The number of aryl methyl sites for hydroxylation is 1. The van der Waals surface area contributed by atoms with Crippen LogP contribution in [-0.2, 0) is 0 Å². The third-order valence-electron chi connectivity index (χ3n) is 3.62. The molecule has 0 atom stereocenters. The Balaban J connectivity index is 0.000000615. The van der Waals surface area contributed by atoms with E-state index >= 15 is 0 Å². The van der Waals surface area contributed by atoms with E-state index in [2.05, 4.69) is 39.3 Å². The van der Waals surface area contributed by atoms with E-state index in [4.69, 9.17) is 4.74 Å². The highest BCUT2D eigenvalue weighted by molar-refractivity contribution is 9.10. The van der Waals surface area contributed by atoms with Crippen molar-refractivity contribution in [1.29, 1.82) is 0 Å². The van der Waals surface area contributed by atoms with Crippen molar-refractivity contribution in [1.82, 2.24) is 4.98 Å². The van der Waals surface area contributed by atoms with E-state index < -0.39 is 0 Å². The normalized spacial score (nSPS) is 18.9. The Kier molecular flexibility index (Phi) is 9.00. The SMILES string of the molecule is CC.CC.CSC1CC(Oc2ccc(Br)c3cc(C)ncc23)C1. The molecule has 1 heterocycles. The van der Waals surface area contributed by atoms with Crippen LogP contribution < -0.4 is 4.74 Å². The molecule has 1 saturated carbocycles. The average Bonchev–Trinajstić information content (AvgIpc) is 2.56. The molecule has 128 valence electrons. The molecule has 0 bridgehead atoms. The molecule has 1 aliphatic rings. The summed E-state index contributed by atoms with van der Waals surface area (Å²) in [6, 6.07) is 6.19. The average molecular weight is 398 g/mol. The molecule has 0 radical (unpaired) electrons. The van der Waals surface area contributed by atoms with E-state index in [9.17, 15) is 0 Å². The third-order valence-corrected chi connectivity index (χ3v) is 5.37. The van der Waals surface area contributed by atoms with Crippen LogP contribution in [0.2, 0.25) is 0 Å². The van der Waals surface area contributed by atoms with Crippen molar-refractivity contribution in [2.24, 2.45) is 0 Å². The van der Waals surface area contributed by atoms with Crippen molar-refractivity contribution in [3.05, 3.63) is 34.6 Å². The monoisotopic (exact) mass is 397 g/mol. The van der Waals surface area contributed by atoms with Crippen LogP contribution in [0.1, 0.15) is 46.2 Å². The van der Waals surface area contributed by atoms with Crippen molar-refractivity contribution < 1.29 is 4.74 Å². The van der Waals surface area contributed by atoms with Crippen LogP contribution >= 0.6 is 27.7 Å². The number of fused-ring (bicyclic) bond motifs is 1. The van der Waals surface area contributed by atoms with Gasteiger partial charge in [-0.3, -0.25) is 4.98 Å². The number of halogens is 1. The smallest absolute Gasteiger partial charge is 0.129 e. The molecule has 0 amide bonds. The lowest BCUT2D eigenvalue weighted by Crippen LogP contribution is -2.35. The van der Waals surface area contributed by atoms with Gasteiger partial charge in [-0.25, -0.2) is 0 Å². The lowest BCUT2D eigenvalue weighted by atomic mass is 9.95. The summed E-state index contributed by atoms with van der Waals surface area (Å²) in [5.74, 6) is 0.954. The third kappa shape index (κ3) is 5.12. The zero-order valence-electron chi connectivity index (χ0n) is 15.0. The second-order valence-corrected chi connectivity index (χ2v) is 6.98. The van der Waals surface area contributed by atoms with Crippen molar-refractivity contribution in [3.63, 3.8) is 0 Å². The summed E-state index contributed by atoms with van der Waals surface area (Å²) in [4.78, 5) is 4.39. The Bertz CT molecular complexity index is 612. The van der Waals surface area contributed by atoms with Crippen LogP contribution in [-0.4, -0.2) is 22.6 Å². The molecule has 1 aromatic heterocycles. The molecule has 0 aliphatic heterocycles. The van der Waals surface area contributed by atoms with Crippen LogP contribution in [0.25, 0.3) is 10.8 Å². The number of hydrogen-bond acceptors (Lipinski definition) is 3. The van der Waals surface area contributed by atoms with Gasteiger partial charge in [0.05, 0.1) is 0 Å². The maximum absolute atomic E-state index is 6.12. The van der Waals surface area contributed by atoms with E-state index in [-0.39, 0.29) is 0 Å².